The van der Waals surface area contributed by atoms with Crippen LogP contribution < -0.4 is 10.6 Å². The zero-order valence-corrected chi connectivity index (χ0v) is 16.1. The van der Waals surface area contributed by atoms with Gasteiger partial charge in [0.15, 0.2) is 0 Å². The highest BCUT2D eigenvalue weighted by molar-refractivity contribution is 6.53. The van der Waals surface area contributed by atoms with Crippen LogP contribution >= 0.6 is 23.2 Å². The van der Waals surface area contributed by atoms with E-state index < -0.39 is 33.8 Å². The Morgan fingerprint density at radius 2 is 2.07 bits per heavy atom. The number of hydrogen-bond donors (Lipinski definition) is 2. The minimum atomic E-state index is -1.18. The molecule has 146 valence electrons. The van der Waals surface area contributed by atoms with Crippen LogP contribution in [0.25, 0.3) is 0 Å². The van der Waals surface area contributed by atoms with Gasteiger partial charge in [-0.25, -0.2) is 9.59 Å². The first-order valence-corrected chi connectivity index (χ1v) is 9.01. The molecule has 1 aromatic rings. The van der Waals surface area contributed by atoms with E-state index in [2.05, 4.69) is 10.6 Å². The fraction of sp³-hybridized carbons (Fsp3) is 0.471. The molecule has 0 aromatic carbocycles. The summed E-state index contributed by atoms with van der Waals surface area (Å²) in [6.45, 7) is 3.02. The fourth-order valence-electron chi connectivity index (χ4n) is 2.77. The largest absolute Gasteiger partial charge is 0.467 e. The van der Waals surface area contributed by atoms with Gasteiger partial charge in [0.2, 0.25) is 0 Å². The van der Waals surface area contributed by atoms with Gasteiger partial charge < -0.3 is 24.5 Å². The van der Waals surface area contributed by atoms with Gasteiger partial charge in [0.25, 0.3) is 0 Å². The zero-order valence-electron chi connectivity index (χ0n) is 14.6. The number of amides is 2. The number of ether oxygens (including phenoxy) is 2. The molecule has 0 saturated heterocycles. The van der Waals surface area contributed by atoms with Gasteiger partial charge >= 0.3 is 18.0 Å². The molecule has 0 spiro atoms. The molecule has 2 N–H and O–H groups in total. The lowest BCUT2D eigenvalue weighted by molar-refractivity contribution is -0.149. The first-order chi connectivity index (χ1) is 12.7. The van der Waals surface area contributed by atoms with Crippen molar-refractivity contribution in [2.24, 2.45) is 5.41 Å². The van der Waals surface area contributed by atoms with Crippen LogP contribution in [-0.2, 0) is 19.1 Å². The average molecular weight is 417 g/mol. The smallest absolute Gasteiger partial charge is 0.338 e. The Hall–Kier alpha value is -2.19. The highest BCUT2D eigenvalue weighted by Gasteiger charge is 2.69. The van der Waals surface area contributed by atoms with Gasteiger partial charge in [0, 0.05) is 6.42 Å². The Morgan fingerprint density at radius 1 is 1.37 bits per heavy atom. The number of halogens is 2. The third kappa shape index (κ3) is 3.64. The lowest BCUT2D eigenvalue weighted by atomic mass is 10.0. The molecule has 2 aliphatic rings. The van der Waals surface area contributed by atoms with Crippen molar-refractivity contribution in [3.8, 4) is 0 Å². The molecular formula is C17H18Cl2N2O6. The van der Waals surface area contributed by atoms with Crippen LogP contribution in [0.15, 0.2) is 34.1 Å². The Morgan fingerprint density at radius 3 is 2.63 bits per heavy atom. The third-order valence-electron chi connectivity index (χ3n) is 4.53. The summed E-state index contributed by atoms with van der Waals surface area (Å²) < 4.78 is 14.5. The molecule has 1 saturated carbocycles. The highest BCUT2D eigenvalue weighted by atomic mass is 35.5. The Labute approximate surface area is 165 Å². The molecule has 3 rings (SSSR count). The maximum atomic E-state index is 12.5. The van der Waals surface area contributed by atoms with Crippen molar-refractivity contribution in [1.29, 1.82) is 0 Å². The summed E-state index contributed by atoms with van der Waals surface area (Å²) in [6, 6.07) is 1.79. The summed E-state index contributed by atoms with van der Waals surface area (Å²) in [5.41, 5.74) is -0.841. The summed E-state index contributed by atoms with van der Waals surface area (Å²) in [5.74, 6) is -0.948. The number of hydrogen-bond acceptors (Lipinski definition) is 6. The topological polar surface area (TPSA) is 107 Å². The van der Waals surface area contributed by atoms with E-state index >= 15 is 0 Å². The van der Waals surface area contributed by atoms with Crippen LogP contribution in [0.5, 0.6) is 0 Å². The first kappa shape index (κ1) is 19.6. The van der Waals surface area contributed by atoms with E-state index in [1.807, 2.05) is 0 Å². The first-order valence-electron chi connectivity index (χ1n) is 8.25. The minimum Gasteiger partial charge on any atom is -0.467 e. The molecule has 1 fully saturated rings. The fourth-order valence-corrected chi connectivity index (χ4v) is 3.46. The SMILES string of the molecule is CCOC(=O)C1=C(COC(=O)C2(C)CC2(Cl)Cl)NC(=O)NC1c1ccco1. The number of alkyl halides is 2. The average Bonchev–Trinajstić information content (AvgIpc) is 2.97. The Bertz CT molecular complexity index is 804. The van der Waals surface area contributed by atoms with Crippen molar-refractivity contribution in [2.45, 2.75) is 30.6 Å². The quantitative estimate of drug-likeness (QED) is 0.544. The number of rotatable bonds is 6. The molecule has 2 unspecified atom stereocenters. The third-order valence-corrected chi connectivity index (χ3v) is 5.63. The van der Waals surface area contributed by atoms with Gasteiger partial charge in [-0.1, -0.05) is 0 Å². The van der Waals surface area contributed by atoms with Crippen molar-refractivity contribution in [3.63, 3.8) is 0 Å². The van der Waals surface area contributed by atoms with Gasteiger partial charge in [-0.15, -0.1) is 23.2 Å². The van der Waals surface area contributed by atoms with Crippen LogP contribution in [0.3, 0.4) is 0 Å². The lowest BCUT2D eigenvalue weighted by Crippen LogP contribution is -2.47. The van der Waals surface area contributed by atoms with E-state index in [-0.39, 0.29) is 30.9 Å². The monoisotopic (exact) mass is 416 g/mol. The molecular weight excluding hydrogens is 399 g/mol. The van der Waals surface area contributed by atoms with Crippen LogP contribution in [-0.4, -0.2) is 35.5 Å². The highest BCUT2D eigenvalue weighted by Crippen LogP contribution is 2.64. The molecule has 2 atom stereocenters. The van der Waals surface area contributed by atoms with Crippen LogP contribution in [0.4, 0.5) is 4.79 Å². The Kier molecular flexibility index (Phi) is 5.14. The van der Waals surface area contributed by atoms with E-state index in [1.54, 1.807) is 26.0 Å². The normalized spacial score (nSPS) is 26.1. The van der Waals surface area contributed by atoms with Crippen LogP contribution in [0, 0.1) is 5.41 Å². The van der Waals surface area contributed by atoms with E-state index in [0.717, 1.165) is 0 Å². The maximum Gasteiger partial charge on any atom is 0.338 e. The second-order valence-electron chi connectivity index (χ2n) is 6.45. The van der Waals surface area contributed by atoms with Crippen LogP contribution in [0.1, 0.15) is 32.1 Å². The number of carbonyl (C=O) groups is 3. The van der Waals surface area contributed by atoms with E-state index in [9.17, 15) is 14.4 Å². The van der Waals surface area contributed by atoms with Crippen molar-refractivity contribution in [2.75, 3.05) is 13.2 Å². The molecule has 8 nitrogen and oxygen atoms in total. The second kappa shape index (κ2) is 7.09. The Balaban J connectivity index is 1.87. The van der Waals surface area contributed by atoms with Crippen molar-refractivity contribution in [3.05, 3.63) is 35.4 Å². The number of furan rings is 1. The van der Waals surface area contributed by atoms with Gasteiger partial charge in [0.1, 0.15) is 28.2 Å². The molecule has 2 heterocycles. The van der Waals surface area contributed by atoms with Gasteiger partial charge in [-0.3, -0.25) is 4.79 Å². The standard InChI is InChI=1S/C17H18Cl2N2O6/c1-3-25-13(22)11-9(7-27-14(23)16(2)8-17(16,18)19)20-15(24)21-12(11)10-5-4-6-26-10/h4-6,12H,3,7-8H2,1-2H3,(H2,20,21,24). The minimum absolute atomic E-state index is 0.0863. The second-order valence-corrected chi connectivity index (χ2v) is 7.93. The molecule has 10 heteroatoms. The van der Waals surface area contributed by atoms with Crippen molar-refractivity contribution in [1.82, 2.24) is 10.6 Å². The molecule has 27 heavy (non-hydrogen) atoms. The summed E-state index contributed by atoms with van der Waals surface area (Å²) in [7, 11) is 0. The molecule has 1 aromatic heterocycles. The van der Waals surface area contributed by atoms with Crippen LogP contribution in [0.2, 0.25) is 0 Å². The number of esters is 2. The lowest BCUT2D eigenvalue weighted by Gasteiger charge is -2.27. The number of urea groups is 1. The summed E-state index contributed by atoms with van der Waals surface area (Å²) in [5, 5.41) is 5.09. The molecule has 0 radical (unpaired) electrons. The predicted molar refractivity (Wildman–Crippen MR) is 94.9 cm³/mol. The summed E-state index contributed by atoms with van der Waals surface area (Å²) >= 11 is 12.0. The maximum absolute atomic E-state index is 12.5. The van der Waals surface area contributed by atoms with E-state index in [1.165, 1.54) is 6.26 Å². The molecule has 1 aliphatic heterocycles. The van der Waals surface area contributed by atoms with Crippen molar-refractivity contribution < 1.29 is 28.3 Å². The number of carbonyl (C=O) groups excluding carboxylic acids is 3. The van der Waals surface area contributed by atoms with Gasteiger partial charge in [-0.05, 0) is 26.0 Å². The summed E-state index contributed by atoms with van der Waals surface area (Å²) in [6.07, 6.45) is 1.68. The van der Waals surface area contributed by atoms with Gasteiger partial charge in [-0.2, -0.15) is 0 Å². The van der Waals surface area contributed by atoms with E-state index in [4.69, 9.17) is 37.1 Å². The van der Waals surface area contributed by atoms with Gasteiger partial charge in [0.05, 0.1) is 24.1 Å². The predicted octanol–water partition coefficient (Wildman–Crippen LogP) is 2.58. The molecule has 2 amide bonds. The summed E-state index contributed by atoms with van der Waals surface area (Å²) in [4.78, 5) is 36.8. The van der Waals surface area contributed by atoms with Crippen molar-refractivity contribution >= 4 is 41.2 Å². The zero-order chi connectivity index (χ0) is 19.8. The van der Waals surface area contributed by atoms with E-state index in [0.29, 0.717) is 5.76 Å². The molecule has 0 bridgehead atoms. The number of nitrogens with one attached hydrogen (secondary N) is 2. The molecule has 1 aliphatic carbocycles.